The normalized spacial score (nSPS) is 16.6. The van der Waals surface area contributed by atoms with Gasteiger partial charge in [-0.05, 0) is 49.2 Å². The van der Waals surface area contributed by atoms with Gasteiger partial charge in [0, 0.05) is 22.2 Å². The Morgan fingerprint density at radius 1 is 1.18 bits per heavy atom. The van der Waals surface area contributed by atoms with Gasteiger partial charge >= 0.3 is 0 Å². The zero-order valence-corrected chi connectivity index (χ0v) is 12.4. The summed E-state index contributed by atoms with van der Waals surface area (Å²) in [5, 5.41) is 5.78. The third kappa shape index (κ3) is 3.05. The average Bonchev–Trinajstić information content (AvgIpc) is 2.50. The van der Waals surface area contributed by atoms with Crippen LogP contribution in [-0.4, -0.2) is 12.1 Å². The highest BCUT2D eigenvalue weighted by atomic mass is 32.2. The SMILES string of the molecule is CC1NSc2cc(C(=O)Nc3ccc(F)c(F)c3)ccc2N1. The molecule has 0 radical (unpaired) electrons. The van der Waals surface area contributed by atoms with Gasteiger partial charge in [-0.25, -0.2) is 13.5 Å². The molecule has 1 heterocycles. The van der Waals surface area contributed by atoms with Crippen molar-refractivity contribution in [3.05, 3.63) is 53.6 Å². The van der Waals surface area contributed by atoms with E-state index >= 15 is 0 Å². The standard InChI is InChI=1S/C15H13F2N3OS/c1-8-18-13-5-2-9(6-14(13)22-20-8)15(21)19-10-3-4-11(16)12(17)7-10/h2-8,18,20H,1H3,(H,19,21). The van der Waals surface area contributed by atoms with E-state index in [0.29, 0.717) is 5.56 Å². The van der Waals surface area contributed by atoms with Crippen molar-refractivity contribution in [3.63, 3.8) is 0 Å². The maximum Gasteiger partial charge on any atom is 0.255 e. The molecule has 1 amide bonds. The van der Waals surface area contributed by atoms with Gasteiger partial charge in [0.1, 0.15) is 0 Å². The molecule has 1 atom stereocenters. The van der Waals surface area contributed by atoms with Crippen molar-refractivity contribution >= 4 is 29.2 Å². The van der Waals surface area contributed by atoms with E-state index in [2.05, 4.69) is 15.4 Å². The molecule has 7 heteroatoms. The van der Waals surface area contributed by atoms with Crippen LogP contribution in [0.25, 0.3) is 0 Å². The summed E-state index contributed by atoms with van der Waals surface area (Å²) in [4.78, 5) is 13.1. The Bertz CT molecular complexity index is 739. The smallest absolute Gasteiger partial charge is 0.255 e. The number of hydrogen-bond acceptors (Lipinski definition) is 4. The Balaban J connectivity index is 1.79. The fourth-order valence-corrected chi connectivity index (χ4v) is 2.84. The molecule has 1 aliphatic heterocycles. The van der Waals surface area contributed by atoms with E-state index in [-0.39, 0.29) is 17.8 Å². The molecule has 0 spiro atoms. The molecule has 1 aliphatic rings. The maximum absolute atomic E-state index is 13.1. The molecule has 0 bridgehead atoms. The first-order valence-electron chi connectivity index (χ1n) is 6.62. The molecular formula is C15H13F2N3OS. The molecule has 0 saturated heterocycles. The van der Waals surface area contributed by atoms with Crippen LogP contribution in [-0.2, 0) is 0 Å². The van der Waals surface area contributed by atoms with Gasteiger partial charge in [0.05, 0.1) is 11.9 Å². The Labute approximate surface area is 130 Å². The minimum Gasteiger partial charge on any atom is -0.368 e. The van der Waals surface area contributed by atoms with Crippen LogP contribution >= 0.6 is 11.9 Å². The van der Waals surface area contributed by atoms with Crippen molar-refractivity contribution in [2.24, 2.45) is 0 Å². The number of rotatable bonds is 2. The molecule has 1 unspecified atom stereocenters. The van der Waals surface area contributed by atoms with E-state index in [1.807, 2.05) is 13.0 Å². The van der Waals surface area contributed by atoms with Crippen LogP contribution in [0, 0.1) is 11.6 Å². The summed E-state index contributed by atoms with van der Waals surface area (Å²) < 4.78 is 29.2. The van der Waals surface area contributed by atoms with E-state index in [1.54, 1.807) is 12.1 Å². The minimum absolute atomic E-state index is 0.138. The summed E-state index contributed by atoms with van der Waals surface area (Å²) >= 11 is 1.44. The third-order valence-electron chi connectivity index (χ3n) is 3.14. The Morgan fingerprint density at radius 2 is 2.00 bits per heavy atom. The first-order chi connectivity index (χ1) is 10.5. The molecule has 3 rings (SSSR count). The number of carbonyl (C=O) groups is 1. The van der Waals surface area contributed by atoms with Gasteiger partial charge in [0.25, 0.3) is 5.91 Å². The molecule has 0 aromatic heterocycles. The zero-order valence-electron chi connectivity index (χ0n) is 11.6. The predicted molar refractivity (Wildman–Crippen MR) is 82.8 cm³/mol. The highest BCUT2D eigenvalue weighted by molar-refractivity contribution is 7.97. The number of halogens is 2. The van der Waals surface area contributed by atoms with Crippen LogP contribution in [0.2, 0.25) is 0 Å². The summed E-state index contributed by atoms with van der Waals surface area (Å²) in [7, 11) is 0. The van der Waals surface area contributed by atoms with E-state index in [1.165, 1.54) is 18.0 Å². The van der Waals surface area contributed by atoms with Crippen molar-refractivity contribution in [1.82, 2.24) is 4.72 Å². The number of amides is 1. The van der Waals surface area contributed by atoms with Crippen LogP contribution in [0.4, 0.5) is 20.2 Å². The predicted octanol–water partition coefficient (Wildman–Crippen LogP) is 3.59. The Kier molecular flexibility index (Phi) is 4.00. The lowest BCUT2D eigenvalue weighted by Crippen LogP contribution is -2.31. The molecule has 2 aromatic carbocycles. The first-order valence-corrected chi connectivity index (χ1v) is 7.44. The zero-order chi connectivity index (χ0) is 15.7. The monoisotopic (exact) mass is 321 g/mol. The lowest BCUT2D eigenvalue weighted by molar-refractivity contribution is 0.102. The molecule has 0 aliphatic carbocycles. The van der Waals surface area contributed by atoms with Crippen LogP contribution < -0.4 is 15.4 Å². The number of carbonyl (C=O) groups excluding carboxylic acids is 1. The van der Waals surface area contributed by atoms with Gasteiger partial charge in [-0.3, -0.25) is 4.79 Å². The summed E-state index contributed by atoms with van der Waals surface area (Å²) in [5.74, 6) is -2.33. The van der Waals surface area contributed by atoms with Gasteiger partial charge in [0.2, 0.25) is 0 Å². The molecule has 22 heavy (non-hydrogen) atoms. The van der Waals surface area contributed by atoms with Crippen LogP contribution in [0.3, 0.4) is 0 Å². The summed E-state index contributed by atoms with van der Waals surface area (Å²) in [6.07, 6.45) is 0.138. The fourth-order valence-electron chi connectivity index (χ4n) is 2.06. The minimum atomic E-state index is -0.999. The average molecular weight is 321 g/mol. The number of anilines is 2. The molecule has 2 aromatic rings. The lowest BCUT2D eigenvalue weighted by Gasteiger charge is -2.24. The van der Waals surface area contributed by atoms with Crippen molar-refractivity contribution < 1.29 is 13.6 Å². The highest BCUT2D eigenvalue weighted by Crippen LogP contribution is 2.31. The topological polar surface area (TPSA) is 53.2 Å². The molecule has 0 fully saturated rings. The van der Waals surface area contributed by atoms with Gasteiger partial charge < -0.3 is 10.6 Å². The molecule has 114 valence electrons. The van der Waals surface area contributed by atoms with Crippen LogP contribution in [0.1, 0.15) is 17.3 Å². The maximum atomic E-state index is 13.1. The first kappa shape index (κ1) is 14.8. The summed E-state index contributed by atoms with van der Waals surface area (Å²) in [6.45, 7) is 1.99. The van der Waals surface area contributed by atoms with Gasteiger partial charge in [0.15, 0.2) is 11.6 Å². The quantitative estimate of drug-likeness (QED) is 0.740. The Morgan fingerprint density at radius 3 is 2.77 bits per heavy atom. The Hall–Kier alpha value is -2.12. The van der Waals surface area contributed by atoms with Crippen molar-refractivity contribution in [2.75, 3.05) is 10.6 Å². The lowest BCUT2D eigenvalue weighted by atomic mass is 10.1. The van der Waals surface area contributed by atoms with E-state index in [9.17, 15) is 13.6 Å². The number of nitrogens with one attached hydrogen (secondary N) is 3. The number of benzene rings is 2. The second-order valence-corrected chi connectivity index (χ2v) is 5.76. The van der Waals surface area contributed by atoms with Crippen molar-refractivity contribution in [1.29, 1.82) is 0 Å². The number of hydrogen-bond donors (Lipinski definition) is 3. The summed E-state index contributed by atoms with van der Waals surface area (Å²) in [5.41, 5.74) is 1.59. The second-order valence-electron chi connectivity index (χ2n) is 4.88. The highest BCUT2D eigenvalue weighted by Gasteiger charge is 2.16. The van der Waals surface area contributed by atoms with Gasteiger partial charge in [-0.2, -0.15) is 0 Å². The molecular weight excluding hydrogens is 308 g/mol. The molecule has 3 N–H and O–H groups in total. The molecule has 4 nitrogen and oxygen atoms in total. The van der Waals surface area contributed by atoms with Crippen molar-refractivity contribution in [2.45, 2.75) is 18.0 Å². The van der Waals surface area contributed by atoms with Crippen molar-refractivity contribution in [3.8, 4) is 0 Å². The van der Waals surface area contributed by atoms with Gasteiger partial charge in [-0.1, -0.05) is 0 Å². The molecule has 0 saturated carbocycles. The van der Waals surface area contributed by atoms with E-state index in [4.69, 9.17) is 0 Å². The van der Waals surface area contributed by atoms with E-state index in [0.717, 1.165) is 22.7 Å². The summed E-state index contributed by atoms with van der Waals surface area (Å²) in [6, 6.07) is 8.48. The second kappa shape index (κ2) is 5.94. The number of fused-ring (bicyclic) bond motifs is 1. The third-order valence-corrected chi connectivity index (χ3v) is 4.17. The van der Waals surface area contributed by atoms with Crippen LogP contribution in [0.15, 0.2) is 41.3 Å². The van der Waals surface area contributed by atoms with Crippen LogP contribution in [0.5, 0.6) is 0 Å². The van der Waals surface area contributed by atoms with Gasteiger partial charge in [-0.15, -0.1) is 0 Å². The fraction of sp³-hybridized carbons (Fsp3) is 0.133. The van der Waals surface area contributed by atoms with E-state index < -0.39 is 11.6 Å². The largest absolute Gasteiger partial charge is 0.368 e.